The Labute approximate surface area is 236 Å². The summed E-state index contributed by atoms with van der Waals surface area (Å²) in [6, 6.07) is 40.1. The summed E-state index contributed by atoms with van der Waals surface area (Å²) in [6.07, 6.45) is 4.73. The van der Waals surface area contributed by atoms with Crippen LogP contribution in [0.25, 0.3) is 22.5 Å². The van der Waals surface area contributed by atoms with Gasteiger partial charge in [0.05, 0.1) is 11.4 Å². The quantitative estimate of drug-likeness (QED) is 0.241. The van der Waals surface area contributed by atoms with E-state index in [9.17, 15) is 0 Å². The number of benzene rings is 4. The lowest BCUT2D eigenvalue weighted by atomic mass is 9.51. The Bertz CT molecular complexity index is 1710. The van der Waals surface area contributed by atoms with E-state index in [1.165, 1.54) is 5.56 Å². The van der Waals surface area contributed by atoms with E-state index in [0.717, 1.165) is 45.5 Å². The summed E-state index contributed by atoms with van der Waals surface area (Å²) >= 11 is 0. The molecule has 1 N–H and O–H groups in total. The SMILES string of the molecule is CC1N(c2ccccc2)c2nc(-c3ccccc3)c(-c3ccccc3)nc2Nc2ccccc2C2(C)C=CC12C. The van der Waals surface area contributed by atoms with E-state index in [1.807, 2.05) is 12.1 Å². The van der Waals surface area contributed by atoms with Crippen LogP contribution < -0.4 is 10.2 Å². The maximum atomic E-state index is 5.50. The zero-order valence-electron chi connectivity index (χ0n) is 23.0. The van der Waals surface area contributed by atoms with Crippen LogP contribution in [-0.4, -0.2) is 16.0 Å². The lowest BCUT2D eigenvalue weighted by molar-refractivity contribution is 0.190. The summed E-state index contributed by atoms with van der Waals surface area (Å²) in [6.45, 7) is 7.05. The van der Waals surface area contributed by atoms with Gasteiger partial charge in [0.25, 0.3) is 0 Å². The summed E-state index contributed by atoms with van der Waals surface area (Å²) in [7, 11) is 0. The van der Waals surface area contributed by atoms with Crippen LogP contribution in [0.4, 0.5) is 23.0 Å². The topological polar surface area (TPSA) is 41.1 Å². The molecule has 196 valence electrons. The Balaban J connectivity index is 1.57. The average Bonchev–Trinajstić information content (AvgIpc) is 3.02. The molecule has 0 bridgehead atoms. The van der Waals surface area contributed by atoms with Gasteiger partial charge in [-0.3, -0.25) is 0 Å². The van der Waals surface area contributed by atoms with Gasteiger partial charge in [-0.1, -0.05) is 123 Å². The summed E-state index contributed by atoms with van der Waals surface area (Å²) < 4.78 is 0. The molecular weight excluding hydrogens is 488 g/mol. The summed E-state index contributed by atoms with van der Waals surface area (Å²) in [4.78, 5) is 13.3. The Morgan fingerprint density at radius 2 is 1.20 bits per heavy atom. The number of rotatable bonds is 3. The number of nitrogens with one attached hydrogen (secondary N) is 1. The van der Waals surface area contributed by atoms with Gasteiger partial charge < -0.3 is 10.2 Å². The highest BCUT2D eigenvalue weighted by molar-refractivity contribution is 5.86. The first-order valence-corrected chi connectivity index (χ1v) is 13.9. The molecular formula is C36H32N4. The van der Waals surface area contributed by atoms with Crippen LogP contribution >= 0.6 is 0 Å². The molecule has 40 heavy (non-hydrogen) atoms. The second-order valence-corrected chi connectivity index (χ2v) is 11.2. The normalized spacial score (nSPS) is 22.9. The van der Waals surface area contributed by atoms with Crippen LogP contribution in [0.2, 0.25) is 0 Å². The van der Waals surface area contributed by atoms with Gasteiger partial charge in [0, 0.05) is 39.4 Å². The molecule has 7 rings (SSSR count). The van der Waals surface area contributed by atoms with Crippen molar-refractivity contribution in [1.82, 2.24) is 9.97 Å². The molecule has 0 radical (unpaired) electrons. The van der Waals surface area contributed by atoms with E-state index < -0.39 is 0 Å². The number of para-hydroxylation sites is 2. The van der Waals surface area contributed by atoms with Crippen molar-refractivity contribution < 1.29 is 0 Å². The third-order valence-electron chi connectivity index (χ3n) is 9.11. The molecule has 2 aliphatic rings. The largest absolute Gasteiger partial charge is 0.337 e. The molecule has 3 unspecified atom stereocenters. The molecule has 5 aromatic rings. The monoisotopic (exact) mass is 520 g/mol. The third kappa shape index (κ3) is 3.60. The van der Waals surface area contributed by atoms with Gasteiger partial charge in [0.15, 0.2) is 11.6 Å². The molecule has 4 heteroatoms. The molecule has 1 aliphatic heterocycles. The maximum absolute atomic E-state index is 5.50. The minimum atomic E-state index is -0.171. The smallest absolute Gasteiger partial charge is 0.177 e. The van der Waals surface area contributed by atoms with Crippen LogP contribution in [0.5, 0.6) is 0 Å². The van der Waals surface area contributed by atoms with Crippen molar-refractivity contribution in [1.29, 1.82) is 0 Å². The van der Waals surface area contributed by atoms with Gasteiger partial charge in [0.1, 0.15) is 0 Å². The van der Waals surface area contributed by atoms with Crippen molar-refractivity contribution in [3.63, 3.8) is 0 Å². The number of nitrogens with zero attached hydrogens (tertiary/aromatic N) is 3. The first kappa shape index (κ1) is 24.3. The molecule has 0 saturated heterocycles. The second-order valence-electron chi connectivity index (χ2n) is 11.2. The van der Waals surface area contributed by atoms with E-state index >= 15 is 0 Å². The lowest BCUT2D eigenvalue weighted by Crippen LogP contribution is -2.56. The molecule has 4 nitrogen and oxygen atoms in total. The van der Waals surface area contributed by atoms with Gasteiger partial charge >= 0.3 is 0 Å². The van der Waals surface area contributed by atoms with Gasteiger partial charge in [-0.05, 0) is 30.7 Å². The van der Waals surface area contributed by atoms with Crippen LogP contribution in [0, 0.1) is 5.41 Å². The lowest BCUT2D eigenvalue weighted by Gasteiger charge is -2.56. The zero-order valence-corrected chi connectivity index (χ0v) is 23.0. The molecule has 0 fully saturated rings. The highest BCUT2D eigenvalue weighted by atomic mass is 15.3. The van der Waals surface area contributed by atoms with Crippen molar-refractivity contribution >= 4 is 23.0 Å². The van der Waals surface area contributed by atoms with Crippen LogP contribution in [0.1, 0.15) is 26.3 Å². The van der Waals surface area contributed by atoms with Crippen LogP contribution in [0.15, 0.2) is 127 Å². The van der Waals surface area contributed by atoms with Gasteiger partial charge in [-0.15, -0.1) is 0 Å². The average molecular weight is 521 g/mol. The minimum absolute atomic E-state index is 0.0807. The fourth-order valence-corrected chi connectivity index (χ4v) is 6.38. The van der Waals surface area contributed by atoms with E-state index in [1.54, 1.807) is 0 Å². The zero-order chi connectivity index (χ0) is 27.3. The van der Waals surface area contributed by atoms with E-state index in [2.05, 4.69) is 146 Å². The highest BCUT2D eigenvalue weighted by Crippen LogP contribution is 2.59. The number of hydrogen-bond donors (Lipinski definition) is 1. The Morgan fingerprint density at radius 1 is 0.650 bits per heavy atom. The Morgan fingerprint density at radius 3 is 1.80 bits per heavy atom. The molecule has 0 spiro atoms. The molecule has 4 aromatic carbocycles. The Hall–Kier alpha value is -4.70. The van der Waals surface area contributed by atoms with Crippen molar-refractivity contribution in [2.75, 3.05) is 10.2 Å². The minimum Gasteiger partial charge on any atom is -0.337 e. The fraction of sp³-hybridized carbons (Fsp3) is 0.167. The number of fused-ring (bicyclic) bond motifs is 4. The molecule has 2 heterocycles. The van der Waals surface area contributed by atoms with Crippen molar-refractivity contribution in [3.05, 3.63) is 133 Å². The standard InChI is InChI=1S/C36H32N4/c1-25-35(2)23-24-36(35,3)29-21-13-14-22-30(29)37-33-34(40(25)28-19-11-6-12-20-28)39-32(27-17-9-5-10-18-27)31(38-33)26-15-7-4-8-16-26/h4-25H,1-3H3,(H,37,38). The van der Waals surface area contributed by atoms with E-state index in [4.69, 9.17) is 9.97 Å². The highest BCUT2D eigenvalue weighted by Gasteiger charge is 2.55. The predicted octanol–water partition coefficient (Wildman–Crippen LogP) is 8.93. The third-order valence-corrected chi connectivity index (χ3v) is 9.11. The molecule has 1 aliphatic carbocycles. The number of hydrogen-bond acceptors (Lipinski definition) is 4. The fourth-order valence-electron chi connectivity index (χ4n) is 6.38. The molecule has 0 amide bonds. The predicted molar refractivity (Wildman–Crippen MR) is 165 cm³/mol. The molecule has 3 atom stereocenters. The maximum Gasteiger partial charge on any atom is 0.177 e. The number of allylic oxidation sites excluding steroid dienone is 1. The summed E-state index contributed by atoms with van der Waals surface area (Å²) in [5.74, 6) is 1.56. The summed E-state index contributed by atoms with van der Waals surface area (Å²) in [5, 5.41) is 3.77. The second kappa shape index (κ2) is 9.20. The van der Waals surface area contributed by atoms with Gasteiger partial charge in [-0.2, -0.15) is 0 Å². The van der Waals surface area contributed by atoms with E-state index in [0.29, 0.717) is 0 Å². The molecule has 0 saturated carbocycles. The van der Waals surface area contributed by atoms with Gasteiger partial charge in [0.2, 0.25) is 0 Å². The van der Waals surface area contributed by atoms with E-state index in [-0.39, 0.29) is 16.9 Å². The number of anilines is 4. The first-order valence-electron chi connectivity index (χ1n) is 13.9. The van der Waals surface area contributed by atoms with Gasteiger partial charge in [-0.25, -0.2) is 9.97 Å². The summed E-state index contributed by atoms with van der Waals surface area (Å²) in [5.41, 5.74) is 6.88. The van der Waals surface area contributed by atoms with Crippen molar-refractivity contribution in [2.24, 2.45) is 5.41 Å². The van der Waals surface area contributed by atoms with Crippen LogP contribution in [0.3, 0.4) is 0 Å². The Kier molecular flexibility index (Phi) is 5.60. The van der Waals surface area contributed by atoms with Crippen molar-refractivity contribution in [2.45, 2.75) is 32.2 Å². The van der Waals surface area contributed by atoms with Crippen molar-refractivity contribution in [3.8, 4) is 22.5 Å². The first-order chi connectivity index (χ1) is 19.5. The van der Waals surface area contributed by atoms with Crippen LogP contribution in [-0.2, 0) is 5.41 Å². The number of aromatic nitrogens is 2. The molecule has 1 aromatic heterocycles.